The fraction of sp³-hybridized carbons (Fsp3) is 0.286. The standard InChI is InChI=1S/C14H15BrFNS/c1-9-3-4-11(7-13(9)16)10(2)17-8-14-12(15)5-6-18-14/h3-7,10,17H,8H2,1-2H3. The Kier molecular flexibility index (Phi) is 4.54. The molecule has 0 saturated heterocycles. The van der Waals surface area contributed by atoms with Gasteiger partial charge in [0.05, 0.1) is 0 Å². The van der Waals surface area contributed by atoms with E-state index < -0.39 is 0 Å². The number of aryl methyl sites for hydroxylation is 1. The second kappa shape index (κ2) is 5.95. The quantitative estimate of drug-likeness (QED) is 0.849. The average molecular weight is 328 g/mol. The lowest BCUT2D eigenvalue weighted by molar-refractivity contribution is 0.565. The summed E-state index contributed by atoms with van der Waals surface area (Å²) in [5.74, 6) is -0.140. The Morgan fingerprint density at radius 1 is 1.39 bits per heavy atom. The van der Waals surface area contributed by atoms with Crippen LogP contribution in [0, 0.1) is 12.7 Å². The Morgan fingerprint density at radius 3 is 2.78 bits per heavy atom. The highest BCUT2D eigenvalue weighted by molar-refractivity contribution is 9.10. The van der Waals surface area contributed by atoms with Gasteiger partial charge in [0, 0.05) is 21.9 Å². The molecule has 1 aromatic carbocycles. The molecule has 1 unspecified atom stereocenters. The second-order valence-electron chi connectivity index (χ2n) is 4.30. The van der Waals surface area contributed by atoms with Crippen molar-refractivity contribution in [2.75, 3.05) is 0 Å². The SMILES string of the molecule is Cc1ccc(C(C)NCc2sccc2Br)cc1F. The van der Waals surface area contributed by atoms with E-state index in [0.29, 0.717) is 5.56 Å². The molecule has 0 fully saturated rings. The summed E-state index contributed by atoms with van der Waals surface area (Å²) in [7, 11) is 0. The predicted molar refractivity (Wildman–Crippen MR) is 78.4 cm³/mol. The molecule has 0 spiro atoms. The lowest BCUT2D eigenvalue weighted by Gasteiger charge is -2.14. The van der Waals surface area contributed by atoms with Crippen molar-refractivity contribution >= 4 is 27.3 Å². The van der Waals surface area contributed by atoms with Gasteiger partial charge in [0.25, 0.3) is 0 Å². The summed E-state index contributed by atoms with van der Waals surface area (Å²) in [6.45, 7) is 4.61. The number of hydrogen-bond acceptors (Lipinski definition) is 2. The van der Waals surface area contributed by atoms with Crippen LogP contribution < -0.4 is 5.32 Å². The number of benzene rings is 1. The number of nitrogens with one attached hydrogen (secondary N) is 1. The van der Waals surface area contributed by atoms with Crippen LogP contribution in [0.4, 0.5) is 4.39 Å². The maximum absolute atomic E-state index is 13.5. The Bertz CT molecular complexity index is 538. The number of rotatable bonds is 4. The van der Waals surface area contributed by atoms with E-state index in [1.54, 1.807) is 24.3 Å². The molecule has 0 bridgehead atoms. The van der Waals surface area contributed by atoms with Gasteiger partial charge in [-0.15, -0.1) is 11.3 Å². The molecule has 1 N–H and O–H groups in total. The third-order valence-corrected chi connectivity index (χ3v) is 4.88. The summed E-state index contributed by atoms with van der Waals surface area (Å²) in [5, 5.41) is 5.46. The van der Waals surface area contributed by atoms with E-state index in [0.717, 1.165) is 16.6 Å². The smallest absolute Gasteiger partial charge is 0.126 e. The first kappa shape index (κ1) is 13.7. The molecule has 1 aromatic heterocycles. The van der Waals surface area contributed by atoms with E-state index >= 15 is 0 Å². The first-order valence-electron chi connectivity index (χ1n) is 5.79. The van der Waals surface area contributed by atoms with Gasteiger partial charge in [0.15, 0.2) is 0 Å². The molecular weight excluding hydrogens is 313 g/mol. The number of halogens is 2. The van der Waals surface area contributed by atoms with Crippen molar-refractivity contribution in [3.63, 3.8) is 0 Å². The van der Waals surface area contributed by atoms with Crippen LogP contribution >= 0.6 is 27.3 Å². The molecule has 1 heterocycles. The molecule has 18 heavy (non-hydrogen) atoms. The molecule has 2 aromatic rings. The molecule has 0 amide bonds. The lowest BCUT2D eigenvalue weighted by atomic mass is 10.1. The van der Waals surface area contributed by atoms with Gasteiger partial charge in [-0.05, 0) is 58.4 Å². The molecule has 4 heteroatoms. The van der Waals surface area contributed by atoms with Gasteiger partial charge in [0.2, 0.25) is 0 Å². The van der Waals surface area contributed by atoms with Crippen LogP contribution in [0.2, 0.25) is 0 Å². The van der Waals surface area contributed by atoms with Crippen LogP contribution in [0.25, 0.3) is 0 Å². The van der Waals surface area contributed by atoms with E-state index in [2.05, 4.69) is 26.6 Å². The van der Waals surface area contributed by atoms with Crippen LogP contribution in [0.1, 0.15) is 29.0 Å². The van der Waals surface area contributed by atoms with E-state index in [9.17, 15) is 4.39 Å². The van der Waals surface area contributed by atoms with Crippen LogP contribution in [-0.4, -0.2) is 0 Å². The molecule has 0 aliphatic carbocycles. The van der Waals surface area contributed by atoms with E-state index in [4.69, 9.17) is 0 Å². The zero-order chi connectivity index (χ0) is 13.1. The van der Waals surface area contributed by atoms with Crippen LogP contribution in [0.5, 0.6) is 0 Å². The van der Waals surface area contributed by atoms with Crippen molar-refractivity contribution in [2.45, 2.75) is 26.4 Å². The van der Waals surface area contributed by atoms with Crippen molar-refractivity contribution in [3.05, 3.63) is 55.9 Å². The van der Waals surface area contributed by atoms with Gasteiger partial charge in [-0.1, -0.05) is 12.1 Å². The predicted octanol–water partition coefficient (Wildman–Crippen LogP) is 4.81. The molecular formula is C14H15BrFNS. The maximum Gasteiger partial charge on any atom is 0.126 e. The molecule has 2 rings (SSSR count). The first-order chi connectivity index (χ1) is 8.58. The van der Waals surface area contributed by atoms with Crippen molar-refractivity contribution in [3.8, 4) is 0 Å². The Balaban J connectivity index is 2.01. The minimum absolute atomic E-state index is 0.133. The summed E-state index contributed by atoms with van der Waals surface area (Å²) < 4.78 is 14.6. The minimum atomic E-state index is -0.140. The molecule has 96 valence electrons. The van der Waals surface area contributed by atoms with E-state index in [1.807, 2.05) is 25.1 Å². The van der Waals surface area contributed by atoms with Gasteiger partial charge >= 0.3 is 0 Å². The van der Waals surface area contributed by atoms with Crippen molar-refractivity contribution in [1.29, 1.82) is 0 Å². The van der Waals surface area contributed by atoms with Gasteiger partial charge in [-0.3, -0.25) is 0 Å². The summed E-state index contributed by atoms with van der Waals surface area (Å²) in [4.78, 5) is 1.26. The normalized spacial score (nSPS) is 12.7. The molecule has 0 radical (unpaired) electrons. The summed E-state index contributed by atoms with van der Waals surface area (Å²) >= 11 is 5.21. The molecule has 1 atom stereocenters. The van der Waals surface area contributed by atoms with Crippen molar-refractivity contribution < 1.29 is 4.39 Å². The topological polar surface area (TPSA) is 12.0 Å². The van der Waals surface area contributed by atoms with Gasteiger partial charge in [-0.25, -0.2) is 4.39 Å². The number of thiophene rings is 1. The maximum atomic E-state index is 13.5. The molecule has 0 aliphatic heterocycles. The van der Waals surface area contributed by atoms with Gasteiger partial charge in [0.1, 0.15) is 5.82 Å². The largest absolute Gasteiger partial charge is 0.305 e. The fourth-order valence-electron chi connectivity index (χ4n) is 1.69. The fourth-order valence-corrected chi connectivity index (χ4v) is 3.14. The van der Waals surface area contributed by atoms with Gasteiger partial charge in [-0.2, -0.15) is 0 Å². The zero-order valence-electron chi connectivity index (χ0n) is 10.3. The van der Waals surface area contributed by atoms with E-state index in [1.165, 1.54) is 4.88 Å². The Morgan fingerprint density at radius 2 is 2.17 bits per heavy atom. The highest BCUT2D eigenvalue weighted by Crippen LogP contribution is 2.23. The van der Waals surface area contributed by atoms with Gasteiger partial charge < -0.3 is 5.32 Å². The third-order valence-electron chi connectivity index (χ3n) is 2.96. The van der Waals surface area contributed by atoms with Crippen LogP contribution in [-0.2, 0) is 6.54 Å². The van der Waals surface area contributed by atoms with Crippen LogP contribution in [0.3, 0.4) is 0 Å². The summed E-state index contributed by atoms with van der Waals surface area (Å²) in [6.07, 6.45) is 0. The summed E-state index contributed by atoms with van der Waals surface area (Å²) in [5.41, 5.74) is 1.66. The first-order valence-corrected chi connectivity index (χ1v) is 7.46. The van der Waals surface area contributed by atoms with Crippen molar-refractivity contribution in [1.82, 2.24) is 5.32 Å². The lowest BCUT2D eigenvalue weighted by Crippen LogP contribution is -2.17. The molecule has 0 saturated carbocycles. The summed E-state index contributed by atoms with van der Waals surface area (Å²) in [6, 6.07) is 7.58. The zero-order valence-corrected chi connectivity index (χ0v) is 12.7. The van der Waals surface area contributed by atoms with Crippen LogP contribution in [0.15, 0.2) is 34.1 Å². The Labute approximate surface area is 119 Å². The number of hydrogen-bond donors (Lipinski definition) is 1. The second-order valence-corrected chi connectivity index (χ2v) is 6.16. The van der Waals surface area contributed by atoms with Crippen molar-refractivity contribution in [2.24, 2.45) is 0 Å². The monoisotopic (exact) mass is 327 g/mol. The average Bonchev–Trinajstić information content (AvgIpc) is 2.75. The third kappa shape index (κ3) is 3.19. The molecule has 0 aliphatic rings. The molecule has 1 nitrogen and oxygen atoms in total. The van der Waals surface area contributed by atoms with E-state index in [-0.39, 0.29) is 11.9 Å². The highest BCUT2D eigenvalue weighted by atomic mass is 79.9. The minimum Gasteiger partial charge on any atom is -0.305 e. The highest BCUT2D eigenvalue weighted by Gasteiger charge is 2.08. The Hall–Kier alpha value is -0.710.